The van der Waals surface area contributed by atoms with E-state index < -0.39 is 18.2 Å². The second-order valence-corrected chi connectivity index (χ2v) is 8.41. The van der Waals surface area contributed by atoms with Crippen LogP contribution in [0.3, 0.4) is 0 Å². The molecular weight excluding hydrogens is 446 g/mol. The summed E-state index contributed by atoms with van der Waals surface area (Å²) >= 11 is 0. The van der Waals surface area contributed by atoms with Crippen LogP contribution in [-0.4, -0.2) is 41.2 Å². The Hall–Kier alpha value is -3.46. The monoisotopic (exact) mass is 472 g/mol. The van der Waals surface area contributed by atoms with E-state index in [1.165, 1.54) is 17.9 Å². The minimum atomic E-state index is -2.99. The van der Waals surface area contributed by atoms with E-state index in [2.05, 4.69) is 5.10 Å². The number of esters is 1. The van der Waals surface area contributed by atoms with E-state index in [4.69, 9.17) is 18.9 Å². The van der Waals surface area contributed by atoms with Crippen molar-refractivity contribution < 1.29 is 32.5 Å². The van der Waals surface area contributed by atoms with Crippen molar-refractivity contribution in [1.29, 1.82) is 0 Å². The van der Waals surface area contributed by atoms with E-state index in [0.717, 1.165) is 24.2 Å². The Morgan fingerprint density at radius 1 is 1.15 bits per heavy atom. The summed E-state index contributed by atoms with van der Waals surface area (Å²) in [4.78, 5) is 12.0. The normalized spacial score (nSPS) is 13.7. The summed E-state index contributed by atoms with van der Waals surface area (Å²) < 4.78 is 48.8. The van der Waals surface area contributed by atoms with Gasteiger partial charge in [0.15, 0.2) is 11.4 Å². The number of alkyl halides is 2. The fraction of sp³-hybridized carbons (Fsp3) is 0.360. The molecule has 0 aliphatic heterocycles. The highest BCUT2D eigenvalue weighted by Crippen LogP contribution is 2.33. The van der Waals surface area contributed by atoms with Gasteiger partial charge in [0.1, 0.15) is 11.4 Å². The average molecular weight is 472 g/mol. The summed E-state index contributed by atoms with van der Waals surface area (Å²) in [6, 6.07) is 15.7. The first kappa shape index (κ1) is 23.7. The van der Waals surface area contributed by atoms with E-state index >= 15 is 0 Å². The molecule has 1 heterocycles. The number of para-hydroxylation sites is 2. The topological polar surface area (TPSA) is 71.8 Å². The van der Waals surface area contributed by atoms with E-state index in [9.17, 15) is 13.6 Å². The molecule has 0 bridgehead atoms. The second-order valence-electron chi connectivity index (χ2n) is 8.41. The molecule has 1 saturated carbocycles. The molecule has 1 aliphatic rings. The number of aromatic nitrogens is 2. The van der Waals surface area contributed by atoms with Gasteiger partial charge in [-0.25, -0.2) is 9.48 Å². The number of nitrogens with zero attached hydrogens (tertiary/aromatic N) is 2. The zero-order valence-electron chi connectivity index (χ0n) is 19.2. The number of carbonyl (C=O) groups excluding carboxylic acids is 1. The number of carbonyl (C=O) groups is 1. The summed E-state index contributed by atoms with van der Waals surface area (Å²) in [5.41, 5.74) is 1.04. The van der Waals surface area contributed by atoms with Gasteiger partial charge in [-0.3, -0.25) is 0 Å². The molecule has 0 N–H and O–H groups in total. The molecule has 34 heavy (non-hydrogen) atoms. The first-order valence-electron chi connectivity index (χ1n) is 10.9. The standard InChI is InChI=1S/C25H26F2N2O5/c1-25(2,23(30)31-3)32-15-17-14-21(16-7-6-8-19(13-16)33-18-11-12-18)29(28-17)20-9-4-5-10-22(20)34-24(26)27/h4-10,13-14,18,24H,11-12,15H2,1-3H3. The van der Waals surface area contributed by atoms with Crippen molar-refractivity contribution in [2.24, 2.45) is 0 Å². The van der Waals surface area contributed by atoms with E-state index in [0.29, 0.717) is 17.1 Å². The zero-order valence-corrected chi connectivity index (χ0v) is 19.2. The first-order valence-corrected chi connectivity index (χ1v) is 10.9. The maximum atomic E-state index is 13.1. The van der Waals surface area contributed by atoms with E-state index in [-0.39, 0.29) is 18.5 Å². The van der Waals surface area contributed by atoms with Gasteiger partial charge in [-0.05, 0) is 57.0 Å². The lowest BCUT2D eigenvalue weighted by Gasteiger charge is -2.21. The SMILES string of the molecule is COC(=O)C(C)(C)OCc1cc(-c2cccc(OC3CC3)c2)n(-c2ccccc2OC(F)F)n1. The molecule has 4 rings (SSSR count). The maximum absolute atomic E-state index is 13.1. The minimum Gasteiger partial charge on any atom is -0.490 e. The molecule has 3 aromatic rings. The number of methoxy groups -OCH3 is 1. The first-order chi connectivity index (χ1) is 16.3. The lowest BCUT2D eigenvalue weighted by atomic mass is 10.1. The van der Waals surface area contributed by atoms with Crippen LogP contribution >= 0.6 is 0 Å². The van der Waals surface area contributed by atoms with Crippen molar-refractivity contribution >= 4 is 5.97 Å². The minimum absolute atomic E-state index is 0.00175. The number of halogens is 2. The van der Waals surface area contributed by atoms with Crippen molar-refractivity contribution in [2.75, 3.05) is 7.11 Å². The summed E-state index contributed by atoms with van der Waals surface area (Å²) in [7, 11) is 1.29. The molecule has 180 valence electrons. The van der Waals surface area contributed by atoms with Crippen LogP contribution in [0.25, 0.3) is 16.9 Å². The Balaban J connectivity index is 1.73. The Kier molecular flexibility index (Phi) is 6.83. The van der Waals surface area contributed by atoms with Gasteiger partial charge in [0.05, 0.1) is 31.2 Å². The van der Waals surface area contributed by atoms with E-state index in [1.807, 2.05) is 24.3 Å². The molecule has 7 nitrogen and oxygen atoms in total. The number of benzene rings is 2. The fourth-order valence-corrected chi connectivity index (χ4v) is 3.38. The Labute approximate surface area is 196 Å². The van der Waals surface area contributed by atoms with Crippen molar-refractivity contribution in [3.63, 3.8) is 0 Å². The second kappa shape index (κ2) is 9.80. The van der Waals surface area contributed by atoms with E-state index in [1.54, 1.807) is 38.1 Å². The van der Waals surface area contributed by atoms with Crippen LogP contribution < -0.4 is 9.47 Å². The van der Waals surface area contributed by atoms with Gasteiger partial charge in [0.25, 0.3) is 0 Å². The predicted molar refractivity (Wildman–Crippen MR) is 120 cm³/mol. The van der Waals surface area contributed by atoms with Crippen LogP contribution in [-0.2, 0) is 20.9 Å². The van der Waals surface area contributed by atoms with Crippen LogP contribution in [0.4, 0.5) is 8.78 Å². The van der Waals surface area contributed by atoms with Gasteiger partial charge in [0.2, 0.25) is 0 Å². The van der Waals surface area contributed by atoms with Gasteiger partial charge in [0, 0.05) is 5.56 Å². The Morgan fingerprint density at radius 3 is 2.62 bits per heavy atom. The largest absolute Gasteiger partial charge is 0.490 e. The molecule has 0 unspecified atom stereocenters. The van der Waals surface area contributed by atoms with Gasteiger partial charge < -0.3 is 18.9 Å². The highest BCUT2D eigenvalue weighted by molar-refractivity contribution is 5.78. The van der Waals surface area contributed by atoms with Gasteiger partial charge in [-0.15, -0.1) is 0 Å². The number of ether oxygens (including phenoxy) is 4. The van der Waals surface area contributed by atoms with Crippen LogP contribution in [0.15, 0.2) is 54.6 Å². The molecule has 2 aromatic carbocycles. The molecule has 0 amide bonds. The summed E-state index contributed by atoms with van der Waals surface area (Å²) in [5.74, 6) is 0.178. The number of hydrogen-bond acceptors (Lipinski definition) is 6. The highest BCUT2D eigenvalue weighted by atomic mass is 19.3. The molecule has 1 aliphatic carbocycles. The average Bonchev–Trinajstić information content (AvgIpc) is 3.52. The van der Waals surface area contributed by atoms with Gasteiger partial charge in [-0.2, -0.15) is 13.9 Å². The Bertz CT molecular complexity index is 1160. The molecule has 0 radical (unpaired) electrons. The van der Waals surface area contributed by atoms with Crippen LogP contribution in [0.1, 0.15) is 32.4 Å². The third-order valence-corrected chi connectivity index (χ3v) is 5.28. The smallest absolute Gasteiger partial charge is 0.387 e. The lowest BCUT2D eigenvalue weighted by molar-refractivity contribution is -0.166. The van der Waals surface area contributed by atoms with Gasteiger partial charge in [-0.1, -0.05) is 24.3 Å². The molecule has 1 fully saturated rings. The number of rotatable bonds is 10. The molecule has 1 aromatic heterocycles. The summed E-state index contributed by atoms with van der Waals surface area (Å²) in [6.07, 6.45) is 2.28. The van der Waals surface area contributed by atoms with Crippen molar-refractivity contribution in [3.8, 4) is 28.4 Å². The fourth-order valence-electron chi connectivity index (χ4n) is 3.38. The van der Waals surface area contributed by atoms with Crippen molar-refractivity contribution in [2.45, 2.75) is 51.6 Å². The zero-order chi connectivity index (χ0) is 24.3. The van der Waals surface area contributed by atoms with Crippen LogP contribution in [0.2, 0.25) is 0 Å². The number of hydrogen-bond donors (Lipinski definition) is 0. The predicted octanol–water partition coefficient (Wildman–Crippen LogP) is 5.15. The molecule has 0 atom stereocenters. The van der Waals surface area contributed by atoms with Gasteiger partial charge >= 0.3 is 12.6 Å². The van der Waals surface area contributed by atoms with Crippen molar-refractivity contribution in [1.82, 2.24) is 9.78 Å². The van der Waals surface area contributed by atoms with Crippen LogP contribution in [0, 0.1) is 0 Å². The molecule has 0 saturated heterocycles. The van der Waals surface area contributed by atoms with Crippen molar-refractivity contribution in [3.05, 3.63) is 60.3 Å². The summed E-state index contributed by atoms with van der Waals surface area (Å²) in [6.45, 7) is 0.208. The molecule has 9 heteroatoms. The highest BCUT2D eigenvalue weighted by Gasteiger charge is 2.30. The maximum Gasteiger partial charge on any atom is 0.387 e. The quantitative estimate of drug-likeness (QED) is 0.380. The molecule has 0 spiro atoms. The third-order valence-electron chi connectivity index (χ3n) is 5.28. The third kappa shape index (κ3) is 5.53. The van der Waals surface area contributed by atoms with Crippen LogP contribution in [0.5, 0.6) is 11.5 Å². The molecular formula is C25H26F2N2O5. The Morgan fingerprint density at radius 2 is 1.91 bits per heavy atom. The summed E-state index contributed by atoms with van der Waals surface area (Å²) in [5, 5.41) is 4.59. The lowest BCUT2D eigenvalue weighted by Crippen LogP contribution is -2.35.